The third kappa shape index (κ3) is 3.89. The van der Waals surface area contributed by atoms with Crippen molar-refractivity contribution in [1.29, 1.82) is 5.26 Å². The van der Waals surface area contributed by atoms with Gasteiger partial charge in [-0.05, 0) is 26.0 Å². The van der Waals surface area contributed by atoms with Crippen LogP contribution in [0.15, 0.2) is 18.2 Å². The SMILES string of the molecule is COc1cc(OC)cc(C(=O)N(CCC#N)C(C)C)c1. The quantitative estimate of drug-likeness (QED) is 0.800. The Balaban J connectivity index is 3.07. The first kappa shape index (κ1) is 15.8. The molecule has 0 aliphatic carbocycles. The molecule has 0 aliphatic heterocycles. The summed E-state index contributed by atoms with van der Waals surface area (Å²) < 4.78 is 10.3. The van der Waals surface area contributed by atoms with Crippen molar-refractivity contribution in [2.24, 2.45) is 0 Å². The van der Waals surface area contributed by atoms with Crippen LogP contribution in [0.1, 0.15) is 30.6 Å². The van der Waals surface area contributed by atoms with Crippen LogP contribution in [0, 0.1) is 11.3 Å². The van der Waals surface area contributed by atoms with E-state index >= 15 is 0 Å². The Kier molecular flexibility index (Phi) is 5.85. The second-order valence-electron chi connectivity index (χ2n) is 4.60. The van der Waals surface area contributed by atoms with E-state index in [0.717, 1.165) is 0 Å². The van der Waals surface area contributed by atoms with Gasteiger partial charge in [-0.25, -0.2) is 0 Å². The van der Waals surface area contributed by atoms with E-state index in [4.69, 9.17) is 14.7 Å². The van der Waals surface area contributed by atoms with E-state index in [1.807, 2.05) is 13.8 Å². The molecule has 0 saturated heterocycles. The molecule has 0 radical (unpaired) electrons. The van der Waals surface area contributed by atoms with Crippen LogP contribution in [-0.2, 0) is 0 Å². The van der Waals surface area contributed by atoms with Gasteiger partial charge in [0.15, 0.2) is 0 Å². The van der Waals surface area contributed by atoms with Crippen molar-refractivity contribution in [3.05, 3.63) is 23.8 Å². The van der Waals surface area contributed by atoms with Crippen LogP contribution >= 0.6 is 0 Å². The summed E-state index contributed by atoms with van der Waals surface area (Å²) in [4.78, 5) is 14.2. The molecule has 1 amide bonds. The highest BCUT2D eigenvalue weighted by Gasteiger charge is 2.19. The molecule has 108 valence electrons. The Morgan fingerprint density at radius 3 is 2.20 bits per heavy atom. The van der Waals surface area contributed by atoms with Gasteiger partial charge in [-0.3, -0.25) is 4.79 Å². The van der Waals surface area contributed by atoms with Crippen molar-refractivity contribution in [2.75, 3.05) is 20.8 Å². The number of methoxy groups -OCH3 is 2. The third-order valence-electron chi connectivity index (χ3n) is 2.95. The van der Waals surface area contributed by atoms with Gasteiger partial charge in [0.2, 0.25) is 0 Å². The molecule has 0 spiro atoms. The predicted molar refractivity (Wildman–Crippen MR) is 75.9 cm³/mol. The van der Waals surface area contributed by atoms with Crippen LogP contribution in [0.2, 0.25) is 0 Å². The highest BCUT2D eigenvalue weighted by Crippen LogP contribution is 2.24. The van der Waals surface area contributed by atoms with Gasteiger partial charge < -0.3 is 14.4 Å². The molecule has 5 heteroatoms. The zero-order valence-electron chi connectivity index (χ0n) is 12.3. The van der Waals surface area contributed by atoms with Crippen LogP contribution < -0.4 is 9.47 Å². The van der Waals surface area contributed by atoms with Gasteiger partial charge in [0.05, 0.1) is 26.7 Å². The van der Waals surface area contributed by atoms with Gasteiger partial charge in [-0.1, -0.05) is 0 Å². The number of carbonyl (C=O) groups excluding carboxylic acids is 1. The molecule has 0 aliphatic rings. The second kappa shape index (κ2) is 7.39. The van der Waals surface area contributed by atoms with Gasteiger partial charge in [0, 0.05) is 24.2 Å². The summed E-state index contributed by atoms with van der Waals surface area (Å²) in [6, 6.07) is 7.14. The number of benzene rings is 1. The summed E-state index contributed by atoms with van der Waals surface area (Å²) in [5.41, 5.74) is 0.493. The van der Waals surface area contributed by atoms with E-state index in [1.165, 1.54) is 0 Å². The molecule has 1 aromatic carbocycles. The third-order valence-corrected chi connectivity index (χ3v) is 2.95. The number of rotatable bonds is 6. The van der Waals surface area contributed by atoms with E-state index < -0.39 is 0 Å². The molecule has 0 atom stereocenters. The predicted octanol–water partition coefficient (Wildman–Crippen LogP) is 2.47. The Morgan fingerprint density at radius 1 is 1.25 bits per heavy atom. The number of ether oxygens (including phenoxy) is 2. The molecule has 0 saturated carbocycles. The summed E-state index contributed by atoms with van der Waals surface area (Å²) in [6.45, 7) is 4.26. The topological polar surface area (TPSA) is 62.6 Å². The molecule has 0 fully saturated rings. The Labute approximate surface area is 119 Å². The summed E-state index contributed by atoms with van der Waals surface area (Å²) in [5.74, 6) is 1.00. The van der Waals surface area contributed by atoms with E-state index in [2.05, 4.69) is 6.07 Å². The van der Waals surface area contributed by atoms with Gasteiger partial charge >= 0.3 is 0 Å². The first-order valence-electron chi connectivity index (χ1n) is 6.44. The molecule has 0 aromatic heterocycles. The van der Waals surface area contributed by atoms with Gasteiger partial charge in [0.25, 0.3) is 5.91 Å². The van der Waals surface area contributed by atoms with Gasteiger partial charge in [-0.15, -0.1) is 0 Å². The van der Waals surface area contributed by atoms with Crippen LogP contribution in [0.4, 0.5) is 0 Å². The molecule has 5 nitrogen and oxygen atoms in total. The van der Waals surface area contributed by atoms with Crippen molar-refractivity contribution in [3.63, 3.8) is 0 Å². The molecule has 1 aromatic rings. The fourth-order valence-electron chi connectivity index (χ4n) is 1.86. The van der Waals surface area contributed by atoms with Crippen LogP contribution in [0.5, 0.6) is 11.5 Å². The number of hydrogen-bond acceptors (Lipinski definition) is 4. The number of nitriles is 1. The Morgan fingerprint density at radius 2 is 1.80 bits per heavy atom. The molecule has 0 heterocycles. The van der Waals surface area contributed by atoms with E-state index in [-0.39, 0.29) is 11.9 Å². The lowest BCUT2D eigenvalue weighted by Gasteiger charge is -2.26. The average Bonchev–Trinajstić information content (AvgIpc) is 2.46. The van der Waals surface area contributed by atoms with Crippen molar-refractivity contribution in [1.82, 2.24) is 4.90 Å². The smallest absolute Gasteiger partial charge is 0.254 e. The minimum Gasteiger partial charge on any atom is -0.497 e. The second-order valence-corrected chi connectivity index (χ2v) is 4.60. The maximum Gasteiger partial charge on any atom is 0.254 e. The summed E-state index contributed by atoms with van der Waals surface area (Å²) in [7, 11) is 3.08. The summed E-state index contributed by atoms with van der Waals surface area (Å²) in [5, 5.41) is 8.69. The first-order chi connectivity index (χ1) is 9.53. The molecule has 0 N–H and O–H groups in total. The van der Waals surface area contributed by atoms with E-state index in [0.29, 0.717) is 30.0 Å². The standard InChI is InChI=1S/C15H20N2O3/c1-11(2)17(7-5-6-16)15(18)12-8-13(19-3)10-14(9-12)20-4/h8-11H,5,7H2,1-4H3. The molecular weight excluding hydrogens is 256 g/mol. The van der Waals surface area contributed by atoms with Gasteiger partial charge in [0.1, 0.15) is 11.5 Å². The van der Waals surface area contributed by atoms with Crippen molar-refractivity contribution in [3.8, 4) is 17.6 Å². The maximum absolute atomic E-state index is 12.5. The van der Waals surface area contributed by atoms with Crippen LogP contribution in [-0.4, -0.2) is 37.6 Å². The zero-order chi connectivity index (χ0) is 15.1. The number of carbonyl (C=O) groups is 1. The Bertz CT molecular complexity index is 484. The summed E-state index contributed by atoms with van der Waals surface area (Å²) in [6.07, 6.45) is 0.311. The first-order valence-corrected chi connectivity index (χ1v) is 6.44. The molecule has 0 bridgehead atoms. The number of hydrogen-bond donors (Lipinski definition) is 0. The minimum absolute atomic E-state index is 0.0213. The monoisotopic (exact) mass is 276 g/mol. The fourth-order valence-corrected chi connectivity index (χ4v) is 1.86. The molecule has 1 rings (SSSR count). The number of amides is 1. The number of nitrogens with zero attached hydrogens (tertiary/aromatic N) is 2. The molecular formula is C15H20N2O3. The maximum atomic E-state index is 12.5. The molecule has 20 heavy (non-hydrogen) atoms. The minimum atomic E-state index is -0.132. The van der Waals surface area contributed by atoms with E-state index in [9.17, 15) is 4.79 Å². The van der Waals surface area contributed by atoms with Crippen LogP contribution in [0.3, 0.4) is 0 Å². The highest BCUT2D eigenvalue weighted by atomic mass is 16.5. The van der Waals surface area contributed by atoms with E-state index in [1.54, 1.807) is 37.3 Å². The largest absolute Gasteiger partial charge is 0.497 e. The lowest BCUT2D eigenvalue weighted by Crippen LogP contribution is -2.37. The van der Waals surface area contributed by atoms with Crippen molar-refractivity contribution < 1.29 is 14.3 Å². The average molecular weight is 276 g/mol. The van der Waals surface area contributed by atoms with Crippen LogP contribution in [0.25, 0.3) is 0 Å². The lowest BCUT2D eigenvalue weighted by atomic mass is 10.1. The van der Waals surface area contributed by atoms with Gasteiger partial charge in [-0.2, -0.15) is 5.26 Å². The molecule has 0 unspecified atom stereocenters. The zero-order valence-corrected chi connectivity index (χ0v) is 12.3. The summed E-state index contributed by atoms with van der Waals surface area (Å²) >= 11 is 0. The van der Waals surface area contributed by atoms with Crippen molar-refractivity contribution in [2.45, 2.75) is 26.3 Å². The Hall–Kier alpha value is -2.22. The van der Waals surface area contributed by atoms with Crippen molar-refractivity contribution >= 4 is 5.91 Å². The fraction of sp³-hybridized carbons (Fsp3) is 0.467. The highest BCUT2D eigenvalue weighted by molar-refractivity contribution is 5.95. The lowest BCUT2D eigenvalue weighted by molar-refractivity contribution is 0.0709. The normalized spacial score (nSPS) is 10.0.